The molecule has 0 fully saturated rings. The molecule has 2 rings (SSSR count). The summed E-state index contributed by atoms with van der Waals surface area (Å²) in [5, 5.41) is 3.13. The van der Waals surface area contributed by atoms with Crippen LogP contribution in [0.3, 0.4) is 0 Å². The molecule has 0 spiro atoms. The third-order valence-corrected chi connectivity index (χ3v) is 2.41. The molecule has 2 aromatic carbocycles. The molecular weight excluding hydrogens is 196 g/mol. The Hall–Kier alpha value is -1.05. The number of fused-ring (bicyclic) bond motifs is 1. The van der Waals surface area contributed by atoms with Crippen molar-refractivity contribution in [2.45, 2.75) is 6.61 Å². The molecule has 0 aromatic heterocycles. The highest BCUT2D eigenvalue weighted by Gasteiger charge is 1.97. The van der Waals surface area contributed by atoms with Crippen LogP contribution >= 0.6 is 11.6 Å². The lowest BCUT2D eigenvalue weighted by Crippen LogP contribution is -1.86. The minimum atomic E-state index is 0.641. The molecule has 0 saturated heterocycles. The molecule has 0 aliphatic rings. The van der Waals surface area contributed by atoms with Gasteiger partial charge in [0.25, 0.3) is 0 Å². The van der Waals surface area contributed by atoms with Gasteiger partial charge in [-0.25, -0.2) is 0 Å². The molecule has 0 atom stereocenters. The van der Waals surface area contributed by atoms with E-state index in [4.69, 9.17) is 16.3 Å². The molecule has 14 heavy (non-hydrogen) atoms. The van der Waals surface area contributed by atoms with Crippen molar-refractivity contribution in [2.75, 3.05) is 7.11 Å². The highest BCUT2D eigenvalue weighted by atomic mass is 35.5. The minimum Gasteiger partial charge on any atom is -0.380 e. The van der Waals surface area contributed by atoms with E-state index in [1.165, 1.54) is 10.9 Å². The van der Waals surface area contributed by atoms with Gasteiger partial charge in [-0.15, -0.1) is 0 Å². The lowest BCUT2D eigenvalue weighted by atomic mass is 10.1. The molecular formula is C12H11ClO. The molecule has 0 N–H and O–H groups in total. The molecule has 0 saturated carbocycles. The minimum absolute atomic E-state index is 0.641. The lowest BCUT2D eigenvalue weighted by molar-refractivity contribution is 0.185. The largest absolute Gasteiger partial charge is 0.380 e. The van der Waals surface area contributed by atoms with Crippen molar-refractivity contribution in [3.8, 4) is 0 Å². The van der Waals surface area contributed by atoms with Gasteiger partial charge in [-0.05, 0) is 34.5 Å². The van der Waals surface area contributed by atoms with Crippen LogP contribution in [0.4, 0.5) is 0 Å². The van der Waals surface area contributed by atoms with Crippen molar-refractivity contribution in [1.82, 2.24) is 0 Å². The zero-order chi connectivity index (χ0) is 9.97. The fourth-order valence-corrected chi connectivity index (χ4v) is 1.70. The maximum Gasteiger partial charge on any atom is 0.0713 e. The van der Waals surface area contributed by atoms with Crippen LogP contribution in [0.5, 0.6) is 0 Å². The summed E-state index contributed by atoms with van der Waals surface area (Å²) >= 11 is 5.92. The van der Waals surface area contributed by atoms with Gasteiger partial charge in [0, 0.05) is 12.1 Å². The van der Waals surface area contributed by atoms with E-state index in [1.807, 2.05) is 18.2 Å². The summed E-state index contributed by atoms with van der Waals surface area (Å²) in [4.78, 5) is 0. The van der Waals surface area contributed by atoms with Gasteiger partial charge in [-0.3, -0.25) is 0 Å². The average Bonchev–Trinajstić information content (AvgIpc) is 2.17. The second kappa shape index (κ2) is 3.99. The maximum atomic E-state index is 5.92. The number of benzene rings is 2. The molecule has 0 unspecified atom stereocenters. The molecule has 0 heterocycles. The van der Waals surface area contributed by atoms with Crippen LogP contribution in [0.2, 0.25) is 5.02 Å². The van der Waals surface area contributed by atoms with E-state index in [9.17, 15) is 0 Å². The zero-order valence-corrected chi connectivity index (χ0v) is 8.71. The average molecular weight is 207 g/mol. The molecule has 0 amide bonds. The second-order valence-corrected chi connectivity index (χ2v) is 3.70. The highest BCUT2D eigenvalue weighted by molar-refractivity contribution is 6.31. The van der Waals surface area contributed by atoms with E-state index in [1.54, 1.807) is 7.11 Å². The van der Waals surface area contributed by atoms with Gasteiger partial charge < -0.3 is 4.74 Å². The second-order valence-electron chi connectivity index (χ2n) is 3.26. The number of halogens is 1. The van der Waals surface area contributed by atoms with Crippen molar-refractivity contribution in [3.05, 3.63) is 47.0 Å². The van der Waals surface area contributed by atoms with Crippen LogP contribution in [-0.2, 0) is 11.3 Å². The van der Waals surface area contributed by atoms with Crippen molar-refractivity contribution < 1.29 is 4.74 Å². The van der Waals surface area contributed by atoms with E-state index in [0.29, 0.717) is 6.61 Å². The Labute approximate surface area is 88.3 Å². The summed E-state index contributed by atoms with van der Waals surface area (Å²) < 4.78 is 5.07. The Kier molecular flexibility index (Phi) is 2.71. The van der Waals surface area contributed by atoms with Crippen LogP contribution in [0.15, 0.2) is 36.4 Å². The van der Waals surface area contributed by atoms with Gasteiger partial charge in [0.1, 0.15) is 0 Å². The van der Waals surface area contributed by atoms with Crippen molar-refractivity contribution in [2.24, 2.45) is 0 Å². The van der Waals surface area contributed by atoms with Gasteiger partial charge in [-0.2, -0.15) is 0 Å². The van der Waals surface area contributed by atoms with Crippen LogP contribution in [-0.4, -0.2) is 7.11 Å². The number of hydrogen-bond donors (Lipinski definition) is 0. The molecule has 0 radical (unpaired) electrons. The first-order chi connectivity index (χ1) is 6.79. The van der Waals surface area contributed by atoms with Gasteiger partial charge in [-0.1, -0.05) is 29.8 Å². The predicted octanol–water partition coefficient (Wildman–Crippen LogP) is 3.64. The van der Waals surface area contributed by atoms with Gasteiger partial charge in [0.05, 0.1) is 6.61 Å². The molecule has 2 aromatic rings. The number of ether oxygens (including phenoxy) is 1. The summed E-state index contributed by atoms with van der Waals surface area (Å²) in [5.74, 6) is 0. The van der Waals surface area contributed by atoms with Gasteiger partial charge in [0.15, 0.2) is 0 Å². The number of hydrogen-bond acceptors (Lipinski definition) is 1. The Morgan fingerprint density at radius 1 is 1.07 bits per heavy atom. The van der Waals surface area contributed by atoms with E-state index in [2.05, 4.69) is 18.2 Å². The van der Waals surface area contributed by atoms with Crippen molar-refractivity contribution >= 4 is 22.4 Å². The molecule has 72 valence electrons. The Balaban J connectivity index is 2.52. The van der Waals surface area contributed by atoms with E-state index >= 15 is 0 Å². The van der Waals surface area contributed by atoms with E-state index in [-0.39, 0.29) is 0 Å². The topological polar surface area (TPSA) is 9.23 Å². The summed E-state index contributed by atoms with van der Waals surface area (Å²) in [6.07, 6.45) is 0. The number of rotatable bonds is 2. The number of methoxy groups -OCH3 is 1. The summed E-state index contributed by atoms with van der Waals surface area (Å²) in [6, 6.07) is 12.1. The third-order valence-electron chi connectivity index (χ3n) is 2.18. The first-order valence-corrected chi connectivity index (χ1v) is 4.84. The van der Waals surface area contributed by atoms with Crippen molar-refractivity contribution in [3.63, 3.8) is 0 Å². The Bertz CT molecular complexity index is 451. The van der Waals surface area contributed by atoms with Crippen LogP contribution < -0.4 is 0 Å². The quantitative estimate of drug-likeness (QED) is 0.729. The maximum absolute atomic E-state index is 5.92. The van der Waals surface area contributed by atoms with Crippen LogP contribution in [0, 0.1) is 0 Å². The summed E-state index contributed by atoms with van der Waals surface area (Å²) in [6.45, 7) is 0.641. The molecule has 0 bridgehead atoms. The van der Waals surface area contributed by atoms with Crippen molar-refractivity contribution in [1.29, 1.82) is 0 Å². The summed E-state index contributed by atoms with van der Waals surface area (Å²) in [5.41, 5.74) is 1.17. The molecule has 1 nitrogen and oxygen atoms in total. The van der Waals surface area contributed by atoms with E-state index in [0.717, 1.165) is 10.4 Å². The predicted molar refractivity (Wildman–Crippen MR) is 59.7 cm³/mol. The van der Waals surface area contributed by atoms with Gasteiger partial charge >= 0.3 is 0 Å². The summed E-state index contributed by atoms with van der Waals surface area (Å²) in [7, 11) is 1.70. The lowest BCUT2D eigenvalue weighted by Gasteiger charge is -2.02. The fraction of sp³-hybridized carbons (Fsp3) is 0.167. The first kappa shape index (κ1) is 9.50. The van der Waals surface area contributed by atoms with E-state index < -0.39 is 0 Å². The Morgan fingerprint density at radius 2 is 1.86 bits per heavy atom. The first-order valence-electron chi connectivity index (χ1n) is 4.47. The normalized spacial score (nSPS) is 10.7. The standard InChI is InChI=1S/C12H11ClO/c1-14-8-9-2-3-10-4-5-12(13)7-11(10)6-9/h2-7H,8H2,1H3. The molecule has 2 heteroatoms. The van der Waals surface area contributed by atoms with Gasteiger partial charge in [0.2, 0.25) is 0 Å². The highest BCUT2D eigenvalue weighted by Crippen LogP contribution is 2.20. The monoisotopic (exact) mass is 206 g/mol. The third kappa shape index (κ3) is 1.89. The molecule has 0 aliphatic heterocycles. The smallest absolute Gasteiger partial charge is 0.0713 e. The SMILES string of the molecule is COCc1ccc2ccc(Cl)cc2c1. The van der Waals surface area contributed by atoms with Crippen LogP contribution in [0.25, 0.3) is 10.8 Å². The van der Waals surface area contributed by atoms with Crippen LogP contribution in [0.1, 0.15) is 5.56 Å². The Morgan fingerprint density at radius 3 is 2.64 bits per heavy atom. The zero-order valence-electron chi connectivity index (χ0n) is 7.96. The fourth-order valence-electron chi connectivity index (χ4n) is 1.52. The molecule has 0 aliphatic carbocycles.